The Morgan fingerprint density at radius 3 is 2.56 bits per heavy atom. The first-order valence-electron chi connectivity index (χ1n) is 8.30. The molecule has 3 N–H and O–H groups in total. The van der Waals surface area contributed by atoms with Gasteiger partial charge in [-0.15, -0.1) is 24.0 Å². The van der Waals surface area contributed by atoms with Gasteiger partial charge in [-0.3, -0.25) is 4.79 Å². The quantitative estimate of drug-likeness (QED) is 0.244. The summed E-state index contributed by atoms with van der Waals surface area (Å²) < 4.78 is 0. The standard InChI is InChI=1S/C19H23ClN4O2.HI/c1-3-21-19(24(2)13-14-5-4-6-15(20)11-14)22-12-18(26)23-16-7-9-17(25)10-8-16;/h4-11,25H,3,12-13H2,1-2H3,(H,21,22)(H,23,26);1H. The molecule has 0 unspecified atom stereocenters. The van der Waals surface area contributed by atoms with Gasteiger partial charge in [-0.25, -0.2) is 4.99 Å². The van der Waals surface area contributed by atoms with Gasteiger partial charge in [0, 0.05) is 30.8 Å². The van der Waals surface area contributed by atoms with Crippen LogP contribution in [0.2, 0.25) is 5.02 Å². The smallest absolute Gasteiger partial charge is 0.246 e. The maximum Gasteiger partial charge on any atom is 0.246 e. The fourth-order valence-electron chi connectivity index (χ4n) is 2.35. The van der Waals surface area contributed by atoms with Crippen LogP contribution in [0.25, 0.3) is 0 Å². The minimum Gasteiger partial charge on any atom is -0.508 e. The number of carbonyl (C=O) groups is 1. The Morgan fingerprint density at radius 2 is 1.93 bits per heavy atom. The van der Waals surface area contributed by atoms with E-state index in [0.717, 1.165) is 5.56 Å². The topological polar surface area (TPSA) is 77.0 Å². The minimum atomic E-state index is -0.234. The van der Waals surface area contributed by atoms with Crippen LogP contribution in [0.1, 0.15) is 12.5 Å². The lowest BCUT2D eigenvalue weighted by Gasteiger charge is -2.22. The molecule has 0 spiro atoms. The molecule has 0 bridgehead atoms. The van der Waals surface area contributed by atoms with E-state index in [1.54, 1.807) is 12.1 Å². The molecule has 1 amide bonds. The van der Waals surface area contributed by atoms with Gasteiger partial charge in [0.15, 0.2) is 5.96 Å². The zero-order chi connectivity index (χ0) is 18.9. The van der Waals surface area contributed by atoms with Gasteiger partial charge in [0.2, 0.25) is 5.91 Å². The summed E-state index contributed by atoms with van der Waals surface area (Å²) in [6.45, 7) is 3.27. The monoisotopic (exact) mass is 502 g/mol. The van der Waals surface area contributed by atoms with Crippen LogP contribution in [0.3, 0.4) is 0 Å². The van der Waals surface area contributed by atoms with Crippen molar-refractivity contribution in [1.29, 1.82) is 0 Å². The number of nitrogens with one attached hydrogen (secondary N) is 2. The number of rotatable bonds is 6. The highest BCUT2D eigenvalue weighted by Gasteiger charge is 2.08. The molecule has 2 rings (SSSR count). The third kappa shape index (κ3) is 8.04. The molecular formula is C19H24ClIN4O2. The fourth-order valence-corrected chi connectivity index (χ4v) is 2.56. The van der Waals surface area contributed by atoms with E-state index in [2.05, 4.69) is 15.6 Å². The Labute approximate surface area is 181 Å². The molecule has 0 saturated heterocycles. The highest BCUT2D eigenvalue weighted by molar-refractivity contribution is 14.0. The molecule has 0 atom stereocenters. The number of halogens is 2. The van der Waals surface area contributed by atoms with Crippen molar-refractivity contribution >= 4 is 53.1 Å². The average Bonchev–Trinajstić information content (AvgIpc) is 2.60. The maximum atomic E-state index is 12.1. The third-order valence-corrected chi connectivity index (χ3v) is 3.76. The number of amides is 1. The number of nitrogens with zero attached hydrogens (tertiary/aromatic N) is 2. The highest BCUT2D eigenvalue weighted by Crippen LogP contribution is 2.14. The Kier molecular flexibility index (Phi) is 9.95. The number of phenols is 1. The van der Waals surface area contributed by atoms with E-state index in [-0.39, 0.29) is 42.2 Å². The van der Waals surface area contributed by atoms with E-state index in [1.165, 1.54) is 12.1 Å². The summed E-state index contributed by atoms with van der Waals surface area (Å²) in [5.74, 6) is 0.550. The van der Waals surface area contributed by atoms with Gasteiger partial charge in [-0.05, 0) is 48.9 Å². The van der Waals surface area contributed by atoms with Gasteiger partial charge in [0.25, 0.3) is 0 Å². The number of guanidine groups is 1. The molecular weight excluding hydrogens is 479 g/mol. The predicted molar refractivity (Wildman–Crippen MR) is 121 cm³/mol. The Balaban J connectivity index is 0.00000364. The second-order valence-corrected chi connectivity index (χ2v) is 6.19. The summed E-state index contributed by atoms with van der Waals surface area (Å²) >= 11 is 6.03. The van der Waals surface area contributed by atoms with Crippen molar-refractivity contribution in [3.8, 4) is 5.75 Å². The SMILES string of the molecule is CCNC(=NCC(=O)Nc1ccc(O)cc1)N(C)Cc1cccc(Cl)c1.I. The zero-order valence-electron chi connectivity index (χ0n) is 15.3. The minimum absolute atomic E-state index is 0. The normalized spacial score (nSPS) is 10.7. The molecule has 0 aliphatic heterocycles. The lowest BCUT2D eigenvalue weighted by molar-refractivity contribution is -0.114. The zero-order valence-corrected chi connectivity index (χ0v) is 18.4. The van der Waals surface area contributed by atoms with Crippen LogP contribution in [0.15, 0.2) is 53.5 Å². The molecule has 6 nitrogen and oxygen atoms in total. The van der Waals surface area contributed by atoms with Crippen molar-refractivity contribution in [3.05, 3.63) is 59.1 Å². The molecule has 0 radical (unpaired) electrons. The van der Waals surface area contributed by atoms with Gasteiger partial charge in [0.1, 0.15) is 12.3 Å². The summed E-state index contributed by atoms with van der Waals surface area (Å²) in [7, 11) is 1.90. The molecule has 146 valence electrons. The highest BCUT2D eigenvalue weighted by atomic mass is 127. The van der Waals surface area contributed by atoms with Crippen LogP contribution >= 0.6 is 35.6 Å². The number of carbonyl (C=O) groups excluding carboxylic acids is 1. The Morgan fingerprint density at radius 1 is 1.22 bits per heavy atom. The van der Waals surface area contributed by atoms with Crippen LogP contribution in [-0.4, -0.2) is 42.0 Å². The van der Waals surface area contributed by atoms with Crippen molar-refractivity contribution in [2.45, 2.75) is 13.5 Å². The van der Waals surface area contributed by atoms with Gasteiger partial charge < -0.3 is 20.6 Å². The van der Waals surface area contributed by atoms with Crippen molar-refractivity contribution in [2.75, 3.05) is 25.5 Å². The van der Waals surface area contributed by atoms with Gasteiger partial charge in [-0.1, -0.05) is 23.7 Å². The number of benzene rings is 2. The van der Waals surface area contributed by atoms with Gasteiger partial charge in [0.05, 0.1) is 0 Å². The molecule has 8 heteroatoms. The van der Waals surface area contributed by atoms with Crippen LogP contribution in [0, 0.1) is 0 Å². The van der Waals surface area contributed by atoms with E-state index >= 15 is 0 Å². The lowest BCUT2D eigenvalue weighted by atomic mass is 10.2. The molecule has 2 aromatic carbocycles. The van der Waals surface area contributed by atoms with Crippen LogP contribution in [0.5, 0.6) is 5.75 Å². The first-order chi connectivity index (χ1) is 12.5. The van der Waals surface area contributed by atoms with E-state index < -0.39 is 0 Å². The molecule has 0 saturated carbocycles. The summed E-state index contributed by atoms with van der Waals surface area (Å²) in [6.07, 6.45) is 0. The van der Waals surface area contributed by atoms with Crippen molar-refractivity contribution < 1.29 is 9.90 Å². The lowest BCUT2D eigenvalue weighted by Crippen LogP contribution is -2.39. The molecule has 0 aliphatic rings. The molecule has 0 fully saturated rings. The molecule has 27 heavy (non-hydrogen) atoms. The van der Waals surface area contributed by atoms with Crippen molar-refractivity contribution in [1.82, 2.24) is 10.2 Å². The van der Waals surface area contributed by atoms with Crippen LogP contribution in [-0.2, 0) is 11.3 Å². The second kappa shape index (κ2) is 11.7. The van der Waals surface area contributed by atoms with Crippen LogP contribution in [0.4, 0.5) is 5.69 Å². The van der Waals surface area contributed by atoms with Crippen LogP contribution < -0.4 is 10.6 Å². The maximum absolute atomic E-state index is 12.1. The van der Waals surface area contributed by atoms with E-state index in [0.29, 0.717) is 29.8 Å². The third-order valence-electron chi connectivity index (χ3n) is 3.53. The predicted octanol–water partition coefficient (Wildman–Crippen LogP) is 3.70. The molecule has 2 aromatic rings. The summed E-state index contributed by atoms with van der Waals surface area (Å²) in [6, 6.07) is 13.9. The van der Waals surface area contributed by atoms with Gasteiger partial charge in [-0.2, -0.15) is 0 Å². The molecule has 0 heterocycles. The van der Waals surface area contributed by atoms with E-state index in [9.17, 15) is 9.90 Å². The Hall–Kier alpha value is -2.00. The summed E-state index contributed by atoms with van der Waals surface area (Å²) in [4.78, 5) is 18.4. The largest absolute Gasteiger partial charge is 0.508 e. The summed E-state index contributed by atoms with van der Waals surface area (Å²) in [5, 5.41) is 15.9. The number of anilines is 1. The number of aliphatic imine (C=N–C) groups is 1. The Bertz CT molecular complexity index is 769. The van der Waals surface area contributed by atoms with E-state index in [1.807, 2.05) is 43.1 Å². The number of aromatic hydroxyl groups is 1. The first kappa shape index (κ1) is 23.0. The number of hydrogen-bond donors (Lipinski definition) is 3. The average molecular weight is 503 g/mol. The van der Waals surface area contributed by atoms with Crippen molar-refractivity contribution in [2.24, 2.45) is 4.99 Å². The molecule has 0 aliphatic carbocycles. The number of phenolic OH excluding ortho intramolecular Hbond substituents is 1. The second-order valence-electron chi connectivity index (χ2n) is 5.75. The van der Waals surface area contributed by atoms with Crippen molar-refractivity contribution in [3.63, 3.8) is 0 Å². The first-order valence-corrected chi connectivity index (χ1v) is 8.68. The number of hydrogen-bond acceptors (Lipinski definition) is 3. The van der Waals surface area contributed by atoms with Gasteiger partial charge >= 0.3 is 0 Å². The van der Waals surface area contributed by atoms with E-state index in [4.69, 9.17) is 11.6 Å². The summed E-state index contributed by atoms with van der Waals surface area (Å²) in [5.41, 5.74) is 1.67. The fraction of sp³-hybridized carbons (Fsp3) is 0.263. The molecule has 0 aromatic heterocycles.